The molecule has 0 fully saturated rings. The summed E-state index contributed by atoms with van der Waals surface area (Å²) in [5.74, 6) is -0.360. The Labute approximate surface area is 121 Å². The van der Waals surface area contributed by atoms with Gasteiger partial charge < -0.3 is 15.8 Å². The Morgan fingerprint density at radius 3 is 2.90 bits per heavy atom. The summed E-state index contributed by atoms with van der Waals surface area (Å²) in [7, 11) is 0. The van der Waals surface area contributed by atoms with Crippen LogP contribution < -0.4 is 11.1 Å². The monoisotopic (exact) mass is 291 g/mol. The maximum Gasteiger partial charge on any atom is 0.338 e. The molecule has 0 aliphatic rings. The van der Waals surface area contributed by atoms with Crippen molar-refractivity contribution in [2.45, 2.75) is 20.4 Å². The van der Waals surface area contributed by atoms with Crippen molar-refractivity contribution in [1.29, 1.82) is 0 Å². The number of ether oxygens (including phenoxy) is 1. The van der Waals surface area contributed by atoms with E-state index in [1.165, 1.54) is 4.88 Å². The van der Waals surface area contributed by atoms with E-state index < -0.39 is 0 Å². The molecule has 0 aliphatic carbocycles. The molecule has 0 amide bonds. The minimum absolute atomic E-state index is 0.349. The van der Waals surface area contributed by atoms with Gasteiger partial charge in [0.2, 0.25) is 0 Å². The summed E-state index contributed by atoms with van der Waals surface area (Å²) in [5, 5.41) is 4.21. The zero-order valence-electron chi connectivity index (χ0n) is 11.5. The number of carbonyl (C=O) groups is 1. The third-order valence-electron chi connectivity index (χ3n) is 2.66. The molecule has 1 heterocycles. The highest BCUT2D eigenvalue weighted by molar-refractivity contribution is 7.11. The van der Waals surface area contributed by atoms with Gasteiger partial charge in [0.05, 0.1) is 30.1 Å². The molecule has 106 valence electrons. The molecule has 5 nitrogen and oxygen atoms in total. The average Bonchev–Trinajstić information content (AvgIpc) is 2.83. The van der Waals surface area contributed by atoms with Crippen molar-refractivity contribution in [1.82, 2.24) is 4.98 Å². The van der Waals surface area contributed by atoms with Crippen molar-refractivity contribution in [2.75, 3.05) is 17.7 Å². The first kappa shape index (κ1) is 14.3. The Bertz CT molecular complexity index is 610. The Morgan fingerprint density at radius 1 is 1.50 bits per heavy atom. The number of nitrogens with one attached hydrogen (secondary N) is 1. The second-order valence-corrected chi connectivity index (χ2v) is 5.56. The number of aryl methyl sites for hydroxylation is 1. The van der Waals surface area contributed by atoms with Gasteiger partial charge in [-0.15, -0.1) is 11.3 Å². The van der Waals surface area contributed by atoms with Crippen molar-refractivity contribution >= 4 is 28.7 Å². The number of hydrogen-bond acceptors (Lipinski definition) is 6. The van der Waals surface area contributed by atoms with E-state index >= 15 is 0 Å². The van der Waals surface area contributed by atoms with Crippen LogP contribution in [0.2, 0.25) is 0 Å². The Morgan fingerprint density at radius 2 is 2.30 bits per heavy atom. The number of nitrogens with zero attached hydrogens (tertiary/aromatic N) is 1. The number of benzene rings is 1. The Balaban J connectivity index is 2.04. The van der Waals surface area contributed by atoms with Gasteiger partial charge in [0, 0.05) is 11.1 Å². The Kier molecular flexibility index (Phi) is 4.57. The molecular formula is C14H17N3O2S. The standard InChI is InChI=1S/C14H17N3O2S/c1-3-19-14(18)10-4-5-12(11(15)6-10)16-8-13-17-7-9(2)20-13/h4-7,16H,3,8,15H2,1-2H3. The number of rotatable bonds is 5. The second kappa shape index (κ2) is 6.38. The van der Waals surface area contributed by atoms with Crippen molar-refractivity contribution in [3.63, 3.8) is 0 Å². The van der Waals surface area contributed by atoms with E-state index in [9.17, 15) is 4.79 Å². The van der Waals surface area contributed by atoms with E-state index in [0.29, 0.717) is 24.4 Å². The number of anilines is 2. The lowest BCUT2D eigenvalue weighted by atomic mass is 10.1. The van der Waals surface area contributed by atoms with Gasteiger partial charge >= 0.3 is 5.97 Å². The van der Waals surface area contributed by atoms with Crippen LogP contribution in [0.5, 0.6) is 0 Å². The van der Waals surface area contributed by atoms with Crippen molar-refractivity contribution in [3.8, 4) is 0 Å². The van der Waals surface area contributed by atoms with Crippen molar-refractivity contribution in [2.24, 2.45) is 0 Å². The number of esters is 1. The van der Waals surface area contributed by atoms with Crippen molar-refractivity contribution in [3.05, 3.63) is 39.8 Å². The number of carbonyl (C=O) groups excluding carboxylic acids is 1. The van der Waals surface area contributed by atoms with E-state index in [2.05, 4.69) is 10.3 Å². The molecule has 0 spiro atoms. The van der Waals surface area contributed by atoms with Crippen LogP contribution in [0, 0.1) is 6.92 Å². The molecule has 0 atom stereocenters. The summed E-state index contributed by atoms with van der Waals surface area (Å²) in [6, 6.07) is 5.10. The summed E-state index contributed by atoms with van der Waals surface area (Å²) in [6.45, 7) is 4.75. The predicted molar refractivity (Wildman–Crippen MR) is 81.0 cm³/mol. The molecule has 0 aliphatic heterocycles. The van der Waals surface area contributed by atoms with Gasteiger partial charge in [-0.2, -0.15) is 0 Å². The summed E-state index contributed by atoms with van der Waals surface area (Å²) < 4.78 is 4.93. The van der Waals surface area contributed by atoms with Crippen LogP contribution in [0.15, 0.2) is 24.4 Å². The smallest absolute Gasteiger partial charge is 0.338 e. The molecule has 3 N–H and O–H groups in total. The van der Waals surface area contributed by atoms with Crippen LogP contribution in [0.3, 0.4) is 0 Å². The lowest BCUT2D eigenvalue weighted by molar-refractivity contribution is 0.0526. The molecular weight excluding hydrogens is 274 g/mol. The zero-order valence-corrected chi connectivity index (χ0v) is 12.3. The Hall–Kier alpha value is -2.08. The van der Waals surface area contributed by atoms with Crippen LogP contribution in [-0.4, -0.2) is 17.6 Å². The largest absolute Gasteiger partial charge is 0.462 e. The first-order chi connectivity index (χ1) is 9.60. The van der Waals surface area contributed by atoms with E-state index in [0.717, 1.165) is 10.7 Å². The molecule has 1 aromatic carbocycles. The maximum absolute atomic E-state index is 11.6. The van der Waals surface area contributed by atoms with Crippen molar-refractivity contribution < 1.29 is 9.53 Å². The maximum atomic E-state index is 11.6. The number of hydrogen-bond donors (Lipinski definition) is 2. The zero-order chi connectivity index (χ0) is 14.5. The summed E-state index contributed by atoms with van der Waals surface area (Å²) in [5.41, 5.74) is 7.70. The highest BCUT2D eigenvalue weighted by Crippen LogP contribution is 2.22. The SMILES string of the molecule is CCOC(=O)c1ccc(NCc2ncc(C)s2)c(N)c1. The third-order valence-corrected chi connectivity index (χ3v) is 3.57. The molecule has 0 saturated heterocycles. The lowest BCUT2D eigenvalue weighted by Gasteiger charge is -2.09. The summed E-state index contributed by atoms with van der Waals surface area (Å²) in [6.07, 6.45) is 1.84. The molecule has 0 unspecified atom stereocenters. The fraction of sp³-hybridized carbons (Fsp3) is 0.286. The topological polar surface area (TPSA) is 77.2 Å². The van der Waals surface area contributed by atoms with Gasteiger partial charge in [-0.3, -0.25) is 0 Å². The third kappa shape index (κ3) is 3.48. The van der Waals surface area contributed by atoms with Crippen LogP contribution >= 0.6 is 11.3 Å². The van der Waals surface area contributed by atoms with Crippen LogP contribution in [0.25, 0.3) is 0 Å². The molecule has 2 aromatic rings. The first-order valence-electron chi connectivity index (χ1n) is 6.32. The van der Waals surface area contributed by atoms with Gasteiger partial charge in [0.1, 0.15) is 5.01 Å². The normalized spacial score (nSPS) is 10.3. The van der Waals surface area contributed by atoms with E-state index in [1.54, 1.807) is 36.5 Å². The summed E-state index contributed by atoms with van der Waals surface area (Å²) in [4.78, 5) is 17.0. The minimum Gasteiger partial charge on any atom is -0.462 e. The fourth-order valence-corrected chi connectivity index (χ4v) is 2.45. The van der Waals surface area contributed by atoms with Crippen LogP contribution in [0.4, 0.5) is 11.4 Å². The average molecular weight is 291 g/mol. The quantitative estimate of drug-likeness (QED) is 0.654. The second-order valence-electron chi connectivity index (χ2n) is 4.24. The van der Waals surface area contributed by atoms with E-state index in [1.807, 2.05) is 13.1 Å². The molecule has 0 saturated carbocycles. The predicted octanol–water partition coefficient (Wildman–Crippen LogP) is 2.82. The molecule has 20 heavy (non-hydrogen) atoms. The summed E-state index contributed by atoms with van der Waals surface area (Å²) >= 11 is 1.64. The highest BCUT2D eigenvalue weighted by atomic mass is 32.1. The number of thiazole rings is 1. The van der Waals surface area contributed by atoms with Gasteiger partial charge in [-0.1, -0.05) is 0 Å². The van der Waals surface area contributed by atoms with E-state index in [-0.39, 0.29) is 5.97 Å². The molecule has 6 heteroatoms. The lowest BCUT2D eigenvalue weighted by Crippen LogP contribution is -2.07. The van der Waals surface area contributed by atoms with Gasteiger partial charge in [0.25, 0.3) is 0 Å². The van der Waals surface area contributed by atoms with Crippen LogP contribution in [-0.2, 0) is 11.3 Å². The minimum atomic E-state index is -0.360. The highest BCUT2D eigenvalue weighted by Gasteiger charge is 2.09. The molecule has 0 bridgehead atoms. The fourth-order valence-electron chi connectivity index (χ4n) is 1.72. The molecule has 0 radical (unpaired) electrons. The van der Waals surface area contributed by atoms with Gasteiger partial charge in [-0.25, -0.2) is 9.78 Å². The van der Waals surface area contributed by atoms with Gasteiger partial charge in [-0.05, 0) is 32.0 Å². The van der Waals surface area contributed by atoms with Crippen LogP contribution in [0.1, 0.15) is 27.2 Å². The van der Waals surface area contributed by atoms with E-state index in [4.69, 9.17) is 10.5 Å². The molecule has 1 aromatic heterocycles. The molecule has 2 rings (SSSR count). The number of nitrogen functional groups attached to an aromatic ring is 1. The number of nitrogens with two attached hydrogens (primary N) is 1. The van der Waals surface area contributed by atoms with Gasteiger partial charge in [0.15, 0.2) is 0 Å². The number of aromatic nitrogens is 1. The first-order valence-corrected chi connectivity index (χ1v) is 7.13.